The molecule has 0 spiro atoms. The van der Waals surface area contributed by atoms with E-state index < -0.39 is 12.0 Å². The van der Waals surface area contributed by atoms with Gasteiger partial charge in [-0.25, -0.2) is 14.2 Å². The van der Waals surface area contributed by atoms with Gasteiger partial charge in [0.1, 0.15) is 11.6 Å². The summed E-state index contributed by atoms with van der Waals surface area (Å²) >= 11 is 1.40. The van der Waals surface area contributed by atoms with Gasteiger partial charge in [0.15, 0.2) is 5.17 Å². The van der Waals surface area contributed by atoms with Crippen LogP contribution in [0.25, 0.3) is 0 Å². The van der Waals surface area contributed by atoms with Crippen LogP contribution < -0.4 is 10.1 Å². The summed E-state index contributed by atoms with van der Waals surface area (Å²) < 4.78 is 24.4. The van der Waals surface area contributed by atoms with Crippen molar-refractivity contribution in [3.8, 4) is 5.75 Å². The molecule has 2 aliphatic heterocycles. The van der Waals surface area contributed by atoms with E-state index in [-0.39, 0.29) is 30.8 Å². The fourth-order valence-corrected chi connectivity index (χ4v) is 5.09. The lowest BCUT2D eigenvalue weighted by atomic mass is 9.93. The number of fused-ring (bicyclic) bond motifs is 1. The van der Waals surface area contributed by atoms with Crippen LogP contribution in [0.5, 0.6) is 5.75 Å². The van der Waals surface area contributed by atoms with E-state index in [1.165, 1.54) is 23.9 Å². The molecule has 0 aliphatic carbocycles. The minimum Gasteiger partial charge on any atom is -0.496 e. The number of nitrogens with one attached hydrogen (secondary N) is 1. The molecule has 0 saturated carbocycles. The van der Waals surface area contributed by atoms with Crippen molar-refractivity contribution in [3.05, 3.63) is 87.9 Å². The van der Waals surface area contributed by atoms with Crippen LogP contribution in [0.3, 0.4) is 0 Å². The third-order valence-corrected chi connectivity index (χ3v) is 6.63. The SMILES string of the molecule is COc1ccccc1C1C(C(=O)OC(C)C)=C(C)N=C2SC=C(CC(=O)NCc3ccc(F)cc3)N21. The number of ether oxygens (including phenoxy) is 2. The molecule has 2 heterocycles. The number of methoxy groups -OCH3 is 1. The minimum absolute atomic E-state index is 0.0738. The zero-order chi connectivity index (χ0) is 25.8. The number of allylic oxidation sites excluding steroid dienone is 1. The molecule has 1 atom stereocenters. The lowest BCUT2D eigenvalue weighted by Gasteiger charge is -2.37. The van der Waals surface area contributed by atoms with Crippen LogP contribution in [0.4, 0.5) is 4.39 Å². The molecule has 1 N–H and O–H groups in total. The first-order valence-corrected chi connectivity index (χ1v) is 12.5. The standard InChI is InChI=1S/C27H28FN3O4S/c1-16(2)35-26(33)24-17(3)30-27-31(25(24)21-7-5-6-8-22(21)34-4)20(15-36-27)13-23(32)29-14-18-9-11-19(28)12-10-18/h5-12,15-16,25H,13-14H2,1-4H3,(H,29,32). The van der Waals surface area contributed by atoms with E-state index in [0.717, 1.165) is 11.1 Å². The van der Waals surface area contributed by atoms with Crippen molar-refractivity contribution in [2.75, 3.05) is 7.11 Å². The zero-order valence-corrected chi connectivity index (χ0v) is 21.4. The third kappa shape index (κ3) is 5.46. The number of hydrogen-bond acceptors (Lipinski definition) is 7. The van der Waals surface area contributed by atoms with Gasteiger partial charge in [-0.15, -0.1) is 0 Å². The van der Waals surface area contributed by atoms with Gasteiger partial charge in [-0.1, -0.05) is 42.1 Å². The van der Waals surface area contributed by atoms with Crippen molar-refractivity contribution in [2.24, 2.45) is 4.99 Å². The summed E-state index contributed by atoms with van der Waals surface area (Å²) in [7, 11) is 1.58. The van der Waals surface area contributed by atoms with Crippen LogP contribution in [0, 0.1) is 5.82 Å². The van der Waals surface area contributed by atoms with Gasteiger partial charge < -0.3 is 19.7 Å². The molecule has 0 fully saturated rings. The highest BCUT2D eigenvalue weighted by atomic mass is 32.2. The van der Waals surface area contributed by atoms with Crippen LogP contribution in [0.15, 0.2) is 75.9 Å². The van der Waals surface area contributed by atoms with E-state index in [9.17, 15) is 14.0 Å². The van der Waals surface area contributed by atoms with E-state index in [0.29, 0.717) is 27.9 Å². The number of aliphatic imine (C=N–C) groups is 1. The second kappa shape index (κ2) is 11.0. The van der Waals surface area contributed by atoms with Gasteiger partial charge in [0.05, 0.1) is 36.9 Å². The van der Waals surface area contributed by atoms with Gasteiger partial charge in [-0.2, -0.15) is 0 Å². The number of thioether (sulfide) groups is 1. The van der Waals surface area contributed by atoms with Crippen LogP contribution in [-0.2, 0) is 20.9 Å². The van der Waals surface area contributed by atoms with E-state index in [2.05, 4.69) is 10.3 Å². The Morgan fingerprint density at radius 2 is 1.89 bits per heavy atom. The number of carbonyl (C=O) groups is 2. The summed E-state index contributed by atoms with van der Waals surface area (Å²) in [5.74, 6) is -0.377. The predicted octanol–water partition coefficient (Wildman–Crippen LogP) is 5.07. The predicted molar refractivity (Wildman–Crippen MR) is 137 cm³/mol. The molecular weight excluding hydrogens is 481 g/mol. The van der Waals surface area contributed by atoms with Gasteiger partial charge in [-0.05, 0) is 49.9 Å². The van der Waals surface area contributed by atoms with Crippen molar-refractivity contribution in [1.82, 2.24) is 10.2 Å². The summed E-state index contributed by atoms with van der Waals surface area (Å²) in [6, 6.07) is 12.9. The summed E-state index contributed by atoms with van der Waals surface area (Å²) in [5, 5.41) is 5.43. The van der Waals surface area contributed by atoms with E-state index in [1.54, 1.807) is 40.0 Å². The Bertz CT molecular complexity index is 1250. The Balaban J connectivity index is 1.63. The average Bonchev–Trinajstić information content (AvgIpc) is 3.24. The first-order valence-electron chi connectivity index (χ1n) is 11.6. The van der Waals surface area contributed by atoms with Gasteiger partial charge in [0, 0.05) is 17.8 Å². The molecule has 0 saturated heterocycles. The molecule has 0 radical (unpaired) electrons. The lowest BCUT2D eigenvalue weighted by molar-refractivity contribution is -0.143. The van der Waals surface area contributed by atoms with E-state index in [4.69, 9.17) is 9.47 Å². The molecule has 2 aliphatic rings. The molecule has 36 heavy (non-hydrogen) atoms. The van der Waals surface area contributed by atoms with Gasteiger partial charge in [0.2, 0.25) is 5.91 Å². The number of amides is 1. The molecule has 188 valence electrons. The fraction of sp³-hybridized carbons (Fsp3) is 0.296. The molecule has 4 rings (SSSR count). The number of carbonyl (C=O) groups excluding carboxylic acids is 2. The first kappa shape index (κ1) is 25.5. The molecule has 2 aromatic rings. The van der Waals surface area contributed by atoms with Crippen molar-refractivity contribution < 1.29 is 23.5 Å². The number of nitrogens with zero attached hydrogens (tertiary/aromatic N) is 2. The normalized spacial score (nSPS) is 16.9. The number of amidine groups is 1. The number of halogens is 1. The quantitative estimate of drug-likeness (QED) is 0.501. The Kier molecular flexibility index (Phi) is 7.79. The molecule has 9 heteroatoms. The van der Waals surface area contributed by atoms with E-state index in [1.807, 2.05) is 34.6 Å². The number of rotatable bonds is 8. The number of benzene rings is 2. The van der Waals surface area contributed by atoms with Crippen molar-refractivity contribution in [3.63, 3.8) is 0 Å². The summed E-state index contributed by atoms with van der Waals surface area (Å²) in [6.45, 7) is 5.66. The maximum atomic E-state index is 13.3. The zero-order valence-electron chi connectivity index (χ0n) is 20.6. The van der Waals surface area contributed by atoms with Crippen molar-refractivity contribution in [2.45, 2.75) is 45.9 Å². The highest BCUT2D eigenvalue weighted by Gasteiger charge is 2.42. The third-order valence-electron chi connectivity index (χ3n) is 5.74. The minimum atomic E-state index is -0.578. The van der Waals surface area contributed by atoms with Crippen LogP contribution in [0.2, 0.25) is 0 Å². The molecule has 0 bridgehead atoms. The van der Waals surface area contributed by atoms with Crippen LogP contribution >= 0.6 is 11.8 Å². The topological polar surface area (TPSA) is 80.2 Å². The highest BCUT2D eigenvalue weighted by Crippen LogP contribution is 2.46. The van der Waals surface area contributed by atoms with Crippen molar-refractivity contribution in [1.29, 1.82) is 0 Å². The smallest absolute Gasteiger partial charge is 0.338 e. The number of esters is 1. The maximum absolute atomic E-state index is 13.3. The molecule has 7 nitrogen and oxygen atoms in total. The van der Waals surface area contributed by atoms with Gasteiger partial charge >= 0.3 is 5.97 Å². The van der Waals surface area contributed by atoms with Crippen molar-refractivity contribution >= 4 is 28.8 Å². The van der Waals surface area contributed by atoms with E-state index >= 15 is 0 Å². The Hall–Kier alpha value is -3.59. The second-order valence-corrected chi connectivity index (χ2v) is 9.51. The largest absolute Gasteiger partial charge is 0.496 e. The Morgan fingerprint density at radius 3 is 2.58 bits per heavy atom. The highest BCUT2D eigenvalue weighted by molar-refractivity contribution is 8.16. The Labute approximate surface area is 214 Å². The van der Waals surface area contributed by atoms with Gasteiger partial charge in [-0.3, -0.25) is 4.79 Å². The summed E-state index contributed by atoms with van der Waals surface area (Å²) in [5.41, 5.74) is 3.22. The lowest BCUT2D eigenvalue weighted by Crippen LogP contribution is -2.38. The Morgan fingerprint density at radius 1 is 1.17 bits per heavy atom. The van der Waals surface area contributed by atoms with Crippen LogP contribution in [0.1, 0.15) is 44.4 Å². The maximum Gasteiger partial charge on any atom is 0.338 e. The fourth-order valence-electron chi connectivity index (χ4n) is 4.12. The first-order chi connectivity index (χ1) is 17.3. The number of para-hydroxylation sites is 1. The summed E-state index contributed by atoms with van der Waals surface area (Å²) in [6.07, 6.45) is -0.230. The number of hydrogen-bond donors (Lipinski definition) is 1. The molecule has 2 aromatic carbocycles. The average molecular weight is 510 g/mol. The summed E-state index contributed by atoms with van der Waals surface area (Å²) in [4.78, 5) is 32.7. The monoisotopic (exact) mass is 509 g/mol. The molecule has 1 unspecified atom stereocenters. The molecule has 1 amide bonds. The van der Waals surface area contributed by atoms with Crippen LogP contribution in [-0.4, -0.2) is 35.2 Å². The molecular formula is C27H28FN3O4S. The second-order valence-electron chi connectivity index (χ2n) is 8.67. The molecule has 0 aromatic heterocycles. The van der Waals surface area contributed by atoms with Gasteiger partial charge in [0.25, 0.3) is 0 Å².